The van der Waals surface area contributed by atoms with Crippen LogP contribution in [0.5, 0.6) is 0 Å². The van der Waals surface area contributed by atoms with Gasteiger partial charge in [-0.3, -0.25) is 0 Å². The largest absolute Gasteiger partial charge is 0.306 e. The van der Waals surface area contributed by atoms with E-state index in [4.69, 9.17) is 0 Å². The molecule has 0 amide bonds. The third-order valence-corrected chi connectivity index (χ3v) is 5.61. The van der Waals surface area contributed by atoms with Crippen LogP contribution in [-0.4, -0.2) is 25.0 Å². The fourth-order valence-electron chi connectivity index (χ4n) is 4.37. The van der Waals surface area contributed by atoms with Crippen LogP contribution < -0.4 is 0 Å². The van der Waals surface area contributed by atoms with Crippen molar-refractivity contribution in [3.05, 3.63) is 68.8 Å². The Kier molecular flexibility index (Phi) is 7.46. The molecular formula is C25H37N. The van der Waals surface area contributed by atoms with Gasteiger partial charge < -0.3 is 4.90 Å². The molecule has 0 saturated heterocycles. The Morgan fingerprint density at radius 3 is 1.19 bits per heavy atom. The molecule has 0 unspecified atom stereocenters. The van der Waals surface area contributed by atoms with Gasteiger partial charge in [0.25, 0.3) is 0 Å². The van der Waals surface area contributed by atoms with E-state index in [1.165, 1.54) is 72.2 Å². The molecule has 0 atom stereocenters. The van der Waals surface area contributed by atoms with E-state index in [0.717, 1.165) is 0 Å². The van der Waals surface area contributed by atoms with Crippen LogP contribution >= 0.6 is 0 Å². The smallest absolute Gasteiger partial charge is 0.00186 e. The van der Waals surface area contributed by atoms with Gasteiger partial charge in [0, 0.05) is 0 Å². The van der Waals surface area contributed by atoms with Crippen molar-refractivity contribution in [1.29, 1.82) is 0 Å². The Labute approximate surface area is 161 Å². The molecule has 0 heterocycles. The van der Waals surface area contributed by atoms with E-state index < -0.39 is 0 Å². The summed E-state index contributed by atoms with van der Waals surface area (Å²) >= 11 is 0. The quantitative estimate of drug-likeness (QED) is 0.561. The summed E-state index contributed by atoms with van der Waals surface area (Å²) in [5, 5.41) is 0. The van der Waals surface area contributed by atoms with Crippen molar-refractivity contribution in [3.63, 3.8) is 0 Å². The third-order valence-electron chi connectivity index (χ3n) is 5.61. The number of aryl methyl sites for hydroxylation is 6. The minimum atomic E-state index is 1.18. The monoisotopic (exact) mass is 351 g/mol. The Morgan fingerprint density at radius 1 is 0.577 bits per heavy atom. The van der Waals surface area contributed by atoms with Gasteiger partial charge in [0.05, 0.1) is 0 Å². The summed E-state index contributed by atoms with van der Waals surface area (Å²) in [5.74, 6) is 0. The summed E-state index contributed by atoms with van der Waals surface area (Å²) < 4.78 is 0. The summed E-state index contributed by atoms with van der Waals surface area (Å²) in [6.07, 6.45) is 4.87. The van der Waals surface area contributed by atoms with E-state index in [-0.39, 0.29) is 0 Å². The van der Waals surface area contributed by atoms with Crippen LogP contribution in [0.15, 0.2) is 24.3 Å². The molecule has 1 heteroatoms. The Bertz CT molecular complexity index is 632. The van der Waals surface area contributed by atoms with Gasteiger partial charge in [-0.2, -0.15) is 0 Å². The van der Waals surface area contributed by atoms with Crippen LogP contribution in [0.2, 0.25) is 0 Å². The van der Waals surface area contributed by atoms with Crippen LogP contribution in [0.4, 0.5) is 0 Å². The van der Waals surface area contributed by atoms with Gasteiger partial charge in [-0.15, -0.1) is 0 Å². The van der Waals surface area contributed by atoms with Crippen molar-refractivity contribution in [1.82, 2.24) is 4.90 Å². The van der Waals surface area contributed by atoms with Gasteiger partial charge in [-0.05, 0) is 121 Å². The van der Waals surface area contributed by atoms with Crippen LogP contribution in [0.25, 0.3) is 0 Å². The second-order valence-electron chi connectivity index (χ2n) is 8.26. The lowest BCUT2D eigenvalue weighted by Crippen LogP contribution is -2.22. The van der Waals surface area contributed by atoms with Crippen molar-refractivity contribution in [2.45, 2.75) is 67.2 Å². The zero-order valence-electron chi connectivity index (χ0n) is 18.0. The first-order valence-corrected chi connectivity index (χ1v) is 10.1. The highest BCUT2D eigenvalue weighted by molar-refractivity contribution is 5.38. The van der Waals surface area contributed by atoms with E-state index in [9.17, 15) is 0 Å². The Hall–Kier alpha value is -1.60. The molecule has 2 rings (SSSR count). The molecule has 26 heavy (non-hydrogen) atoms. The van der Waals surface area contributed by atoms with Gasteiger partial charge in [0.1, 0.15) is 0 Å². The predicted molar refractivity (Wildman–Crippen MR) is 115 cm³/mol. The van der Waals surface area contributed by atoms with Crippen molar-refractivity contribution >= 4 is 0 Å². The normalized spacial score (nSPS) is 11.4. The van der Waals surface area contributed by atoms with Crippen molar-refractivity contribution in [3.8, 4) is 0 Å². The van der Waals surface area contributed by atoms with Crippen molar-refractivity contribution < 1.29 is 0 Å². The Morgan fingerprint density at radius 2 is 0.885 bits per heavy atom. The highest BCUT2D eigenvalue weighted by Gasteiger charge is 2.07. The average molecular weight is 352 g/mol. The molecule has 0 radical (unpaired) electrons. The molecule has 0 N–H and O–H groups in total. The first kappa shape index (κ1) is 20.7. The van der Waals surface area contributed by atoms with Gasteiger partial charge in [0.2, 0.25) is 0 Å². The number of nitrogens with zero attached hydrogens (tertiary/aromatic N) is 1. The molecule has 142 valence electrons. The summed E-state index contributed by atoms with van der Waals surface area (Å²) in [6, 6.07) is 9.27. The topological polar surface area (TPSA) is 3.24 Å². The molecule has 0 fully saturated rings. The minimum Gasteiger partial charge on any atom is -0.306 e. The molecule has 2 aromatic rings. The maximum absolute atomic E-state index is 2.50. The molecule has 0 aliphatic heterocycles. The van der Waals surface area contributed by atoms with E-state index in [0.29, 0.717) is 0 Å². The number of hydrogen-bond acceptors (Lipinski definition) is 1. The highest BCUT2D eigenvalue weighted by Crippen LogP contribution is 2.19. The molecule has 0 aliphatic rings. The summed E-state index contributed by atoms with van der Waals surface area (Å²) in [5.41, 5.74) is 11.7. The molecule has 2 aromatic carbocycles. The third kappa shape index (κ3) is 5.71. The van der Waals surface area contributed by atoms with Crippen LogP contribution in [-0.2, 0) is 12.8 Å². The zero-order valence-corrected chi connectivity index (χ0v) is 18.0. The van der Waals surface area contributed by atoms with E-state index in [1.807, 2.05) is 0 Å². The number of benzene rings is 2. The molecule has 1 nitrogen and oxygen atoms in total. The lowest BCUT2D eigenvalue weighted by atomic mass is 9.96. The summed E-state index contributed by atoms with van der Waals surface area (Å²) in [7, 11) is 2.27. The van der Waals surface area contributed by atoms with E-state index >= 15 is 0 Å². The average Bonchev–Trinajstić information content (AvgIpc) is 2.52. The second-order valence-corrected chi connectivity index (χ2v) is 8.26. The van der Waals surface area contributed by atoms with Crippen molar-refractivity contribution in [2.75, 3.05) is 20.1 Å². The van der Waals surface area contributed by atoms with Crippen molar-refractivity contribution in [2.24, 2.45) is 0 Å². The molecule has 0 bridgehead atoms. The van der Waals surface area contributed by atoms with E-state index in [1.54, 1.807) is 11.1 Å². The molecule has 0 spiro atoms. The van der Waals surface area contributed by atoms with E-state index in [2.05, 4.69) is 77.8 Å². The van der Waals surface area contributed by atoms with Crippen LogP contribution in [0.1, 0.15) is 57.3 Å². The first-order chi connectivity index (χ1) is 12.3. The lowest BCUT2D eigenvalue weighted by Gasteiger charge is -2.18. The van der Waals surface area contributed by atoms with Gasteiger partial charge in [-0.25, -0.2) is 0 Å². The highest BCUT2D eigenvalue weighted by atomic mass is 15.1. The molecule has 0 saturated carbocycles. The van der Waals surface area contributed by atoms with Gasteiger partial charge in [0.15, 0.2) is 0 Å². The summed E-state index contributed by atoms with van der Waals surface area (Å²) in [6.45, 7) is 15.8. The number of hydrogen-bond donors (Lipinski definition) is 0. The van der Waals surface area contributed by atoms with Gasteiger partial charge in [-0.1, -0.05) is 35.4 Å². The van der Waals surface area contributed by atoms with Crippen LogP contribution in [0.3, 0.4) is 0 Å². The lowest BCUT2D eigenvalue weighted by molar-refractivity contribution is 0.325. The Balaban J connectivity index is 1.77. The minimum absolute atomic E-state index is 1.18. The fraction of sp³-hybridized carbons (Fsp3) is 0.520. The molecular weight excluding hydrogens is 314 g/mol. The zero-order chi connectivity index (χ0) is 19.3. The molecule has 0 aromatic heterocycles. The first-order valence-electron chi connectivity index (χ1n) is 10.1. The van der Waals surface area contributed by atoms with Crippen LogP contribution in [0, 0.1) is 41.5 Å². The fourth-order valence-corrected chi connectivity index (χ4v) is 4.37. The molecule has 0 aliphatic carbocycles. The summed E-state index contributed by atoms with van der Waals surface area (Å²) in [4.78, 5) is 2.50. The SMILES string of the molecule is Cc1cc(C)c(CCCN(C)CCCc2c(C)cc(C)cc2C)c(C)c1. The second kappa shape index (κ2) is 9.37. The maximum Gasteiger partial charge on any atom is -0.00186 e. The predicted octanol–water partition coefficient (Wildman–Crippen LogP) is 6.03. The van der Waals surface area contributed by atoms with Gasteiger partial charge >= 0.3 is 0 Å². The maximum atomic E-state index is 2.50. The standard InChI is InChI=1S/C25H37N/c1-18-14-20(3)24(21(4)15-18)10-8-12-26(7)13-9-11-25-22(5)16-19(2)17-23(25)6/h14-17H,8-13H2,1-7H3. The number of rotatable bonds is 8.